The topological polar surface area (TPSA) is 70.1 Å². The zero-order valence-electron chi connectivity index (χ0n) is 11.2. The average molecular weight is 251 g/mol. The highest BCUT2D eigenvalue weighted by atomic mass is 16.5. The van der Waals surface area contributed by atoms with Crippen molar-refractivity contribution >= 4 is 0 Å². The molecule has 2 rings (SSSR count). The van der Waals surface area contributed by atoms with E-state index in [1.54, 1.807) is 17.0 Å². The Morgan fingerprint density at radius 3 is 2.72 bits per heavy atom. The summed E-state index contributed by atoms with van der Waals surface area (Å²) in [5.74, 6) is 0.187. The second-order valence-electron chi connectivity index (χ2n) is 5.89. The maximum absolute atomic E-state index is 12.2. The van der Waals surface area contributed by atoms with E-state index in [9.17, 15) is 4.79 Å². The molecule has 5 heteroatoms. The van der Waals surface area contributed by atoms with Gasteiger partial charge in [0, 0.05) is 24.0 Å². The van der Waals surface area contributed by atoms with Crippen molar-refractivity contribution in [3.63, 3.8) is 0 Å². The first-order valence-corrected chi connectivity index (χ1v) is 6.38. The highest BCUT2D eigenvalue weighted by Gasteiger charge is 2.25. The Bertz CT molecular complexity index is 476. The third-order valence-electron chi connectivity index (χ3n) is 3.24. The standard InChI is InChI=1S/C13H21N3O2/c1-13(2,3)16-7-6-15-11(12(16)17)18-10-5-4-9(14)8-10/h6-7,9-10H,4-5,8,14H2,1-3H3. The highest BCUT2D eigenvalue weighted by Crippen LogP contribution is 2.21. The molecule has 0 spiro atoms. The van der Waals surface area contributed by atoms with Crippen LogP contribution in [0.2, 0.25) is 0 Å². The van der Waals surface area contributed by atoms with Crippen LogP contribution in [0.1, 0.15) is 40.0 Å². The predicted molar refractivity (Wildman–Crippen MR) is 69.7 cm³/mol. The van der Waals surface area contributed by atoms with Crippen molar-refractivity contribution in [2.75, 3.05) is 0 Å². The van der Waals surface area contributed by atoms with E-state index in [2.05, 4.69) is 4.98 Å². The zero-order valence-corrected chi connectivity index (χ0v) is 11.2. The van der Waals surface area contributed by atoms with Crippen LogP contribution in [-0.2, 0) is 5.54 Å². The minimum absolute atomic E-state index is 0.0241. The Hall–Kier alpha value is -1.36. The Morgan fingerprint density at radius 2 is 2.17 bits per heavy atom. The van der Waals surface area contributed by atoms with E-state index in [1.165, 1.54) is 0 Å². The third-order valence-corrected chi connectivity index (χ3v) is 3.24. The fourth-order valence-electron chi connectivity index (χ4n) is 2.24. The SMILES string of the molecule is CC(C)(C)n1ccnc(OC2CCC(N)C2)c1=O. The Morgan fingerprint density at radius 1 is 1.44 bits per heavy atom. The summed E-state index contributed by atoms with van der Waals surface area (Å²) in [5, 5.41) is 0. The van der Waals surface area contributed by atoms with Crippen molar-refractivity contribution in [1.82, 2.24) is 9.55 Å². The third kappa shape index (κ3) is 2.72. The molecule has 0 radical (unpaired) electrons. The smallest absolute Gasteiger partial charge is 0.313 e. The van der Waals surface area contributed by atoms with Gasteiger partial charge >= 0.3 is 5.56 Å². The summed E-state index contributed by atoms with van der Waals surface area (Å²) >= 11 is 0. The number of hydrogen-bond acceptors (Lipinski definition) is 4. The fraction of sp³-hybridized carbons (Fsp3) is 0.692. The Labute approximate surface area is 107 Å². The molecule has 100 valence electrons. The van der Waals surface area contributed by atoms with Crippen molar-refractivity contribution in [3.8, 4) is 5.88 Å². The van der Waals surface area contributed by atoms with Gasteiger partial charge in [0.1, 0.15) is 6.10 Å². The molecule has 1 aromatic heterocycles. The molecule has 1 aliphatic rings. The summed E-state index contributed by atoms with van der Waals surface area (Å²) in [5.41, 5.74) is 5.38. The molecule has 0 saturated heterocycles. The van der Waals surface area contributed by atoms with Crippen molar-refractivity contribution < 1.29 is 4.74 Å². The summed E-state index contributed by atoms with van der Waals surface area (Å²) in [6.07, 6.45) is 5.96. The molecule has 1 aliphatic carbocycles. The summed E-state index contributed by atoms with van der Waals surface area (Å²) in [7, 11) is 0. The molecule has 1 fully saturated rings. The molecule has 2 unspecified atom stereocenters. The van der Waals surface area contributed by atoms with Gasteiger partial charge in [0.2, 0.25) is 0 Å². The van der Waals surface area contributed by atoms with Gasteiger partial charge in [0.05, 0.1) is 0 Å². The van der Waals surface area contributed by atoms with Crippen LogP contribution < -0.4 is 16.0 Å². The lowest BCUT2D eigenvalue weighted by Crippen LogP contribution is -2.35. The van der Waals surface area contributed by atoms with Gasteiger partial charge in [0.15, 0.2) is 0 Å². The van der Waals surface area contributed by atoms with E-state index < -0.39 is 0 Å². The van der Waals surface area contributed by atoms with E-state index >= 15 is 0 Å². The molecule has 0 aromatic carbocycles. The average Bonchev–Trinajstić information content (AvgIpc) is 2.65. The monoisotopic (exact) mass is 251 g/mol. The van der Waals surface area contributed by atoms with Gasteiger partial charge in [-0.25, -0.2) is 4.98 Å². The summed E-state index contributed by atoms with van der Waals surface area (Å²) < 4.78 is 7.33. The number of hydrogen-bond donors (Lipinski definition) is 1. The molecule has 1 heterocycles. The normalized spacial score (nSPS) is 24.2. The Kier molecular flexibility index (Phi) is 3.43. The van der Waals surface area contributed by atoms with Crippen molar-refractivity contribution in [2.24, 2.45) is 5.73 Å². The van der Waals surface area contributed by atoms with Crippen LogP contribution >= 0.6 is 0 Å². The van der Waals surface area contributed by atoms with Crippen LogP contribution in [0.15, 0.2) is 17.2 Å². The first-order valence-electron chi connectivity index (χ1n) is 6.38. The fourth-order valence-corrected chi connectivity index (χ4v) is 2.24. The van der Waals surface area contributed by atoms with Gasteiger partial charge in [-0.1, -0.05) is 0 Å². The van der Waals surface area contributed by atoms with E-state index in [1.807, 2.05) is 20.8 Å². The van der Waals surface area contributed by atoms with E-state index in [-0.39, 0.29) is 29.1 Å². The zero-order chi connectivity index (χ0) is 13.3. The maximum atomic E-state index is 12.2. The van der Waals surface area contributed by atoms with Crippen LogP contribution in [0.3, 0.4) is 0 Å². The predicted octanol–water partition coefficient (Wildman–Crippen LogP) is 1.26. The number of nitrogens with two attached hydrogens (primary N) is 1. The van der Waals surface area contributed by atoms with Gasteiger partial charge in [-0.2, -0.15) is 0 Å². The second-order valence-corrected chi connectivity index (χ2v) is 5.89. The van der Waals surface area contributed by atoms with Crippen molar-refractivity contribution in [2.45, 2.75) is 57.7 Å². The van der Waals surface area contributed by atoms with Crippen LogP contribution in [0, 0.1) is 0 Å². The number of ether oxygens (including phenoxy) is 1. The number of aromatic nitrogens is 2. The molecule has 5 nitrogen and oxygen atoms in total. The van der Waals surface area contributed by atoms with Gasteiger partial charge < -0.3 is 15.0 Å². The molecule has 2 N–H and O–H groups in total. The molecule has 0 bridgehead atoms. The molecule has 0 amide bonds. The lowest BCUT2D eigenvalue weighted by Gasteiger charge is -2.22. The quantitative estimate of drug-likeness (QED) is 0.859. The van der Waals surface area contributed by atoms with Crippen LogP contribution in [0.25, 0.3) is 0 Å². The van der Waals surface area contributed by atoms with Crippen molar-refractivity contribution in [1.29, 1.82) is 0 Å². The Balaban J connectivity index is 2.22. The highest BCUT2D eigenvalue weighted by molar-refractivity contribution is 5.07. The van der Waals surface area contributed by atoms with Crippen LogP contribution in [0.4, 0.5) is 0 Å². The molecular weight excluding hydrogens is 230 g/mol. The molecule has 1 aromatic rings. The molecule has 1 saturated carbocycles. The van der Waals surface area contributed by atoms with E-state index in [0.29, 0.717) is 0 Å². The molecule has 18 heavy (non-hydrogen) atoms. The number of rotatable bonds is 2. The van der Waals surface area contributed by atoms with Gasteiger partial charge in [-0.3, -0.25) is 4.79 Å². The van der Waals surface area contributed by atoms with Gasteiger partial charge in [-0.15, -0.1) is 0 Å². The first kappa shape index (κ1) is 13.1. The summed E-state index contributed by atoms with van der Waals surface area (Å²) in [6, 6.07) is 0.184. The molecule has 0 aliphatic heterocycles. The first-order chi connectivity index (χ1) is 8.38. The minimum atomic E-state index is -0.274. The minimum Gasteiger partial charge on any atom is -0.470 e. The van der Waals surface area contributed by atoms with Gasteiger partial charge in [-0.05, 0) is 40.0 Å². The molecular formula is C13H21N3O2. The largest absolute Gasteiger partial charge is 0.470 e. The molecule has 2 atom stereocenters. The van der Waals surface area contributed by atoms with Gasteiger partial charge in [0.25, 0.3) is 5.88 Å². The van der Waals surface area contributed by atoms with Crippen LogP contribution in [-0.4, -0.2) is 21.7 Å². The lowest BCUT2D eigenvalue weighted by atomic mass is 10.1. The van der Waals surface area contributed by atoms with E-state index in [4.69, 9.17) is 10.5 Å². The van der Waals surface area contributed by atoms with Crippen LogP contribution in [0.5, 0.6) is 5.88 Å². The second kappa shape index (κ2) is 4.72. The summed E-state index contributed by atoms with van der Waals surface area (Å²) in [4.78, 5) is 16.3. The number of nitrogens with zero attached hydrogens (tertiary/aromatic N) is 2. The summed E-state index contributed by atoms with van der Waals surface area (Å²) in [6.45, 7) is 5.93. The lowest BCUT2D eigenvalue weighted by molar-refractivity contribution is 0.192. The van der Waals surface area contributed by atoms with Crippen molar-refractivity contribution in [3.05, 3.63) is 22.7 Å². The van der Waals surface area contributed by atoms with E-state index in [0.717, 1.165) is 19.3 Å². The maximum Gasteiger partial charge on any atom is 0.313 e.